The van der Waals surface area contributed by atoms with Gasteiger partial charge >= 0.3 is 6.18 Å². The molecule has 0 aliphatic heterocycles. The SMILES string of the molecule is COc1cc(CO)ccc1OCC(=O)Nc1cccc(C(F)(F)F)c1. The number of halogens is 3. The number of rotatable bonds is 6. The first-order valence-corrected chi connectivity index (χ1v) is 7.21. The molecule has 5 nitrogen and oxygen atoms in total. The standard InChI is InChI=1S/C17H16F3NO4/c1-24-15-7-11(9-22)5-6-14(15)25-10-16(23)21-13-4-2-3-12(8-13)17(18,19)20/h2-8,22H,9-10H2,1H3,(H,21,23). The van der Waals surface area contributed by atoms with Crippen LogP contribution in [0.1, 0.15) is 11.1 Å². The van der Waals surface area contributed by atoms with E-state index >= 15 is 0 Å². The van der Waals surface area contributed by atoms with Gasteiger partial charge in [-0.3, -0.25) is 4.79 Å². The van der Waals surface area contributed by atoms with Crippen LogP contribution >= 0.6 is 0 Å². The van der Waals surface area contributed by atoms with Crippen molar-refractivity contribution in [2.45, 2.75) is 12.8 Å². The highest BCUT2D eigenvalue weighted by atomic mass is 19.4. The van der Waals surface area contributed by atoms with Gasteiger partial charge in [0.25, 0.3) is 5.91 Å². The Kier molecular flexibility index (Phi) is 5.87. The van der Waals surface area contributed by atoms with E-state index in [2.05, 4.69) is 5.32 Å². The van der Waals surface area contributed by atoms with E-state index in [9.17, 15) is 18.0 Å². The third kappa shape index (κ3) is 5.12. The molecule has 0 atom stereocenters. The number of anilines is 1. The van der Waals surface area contributed by atoms with Gasteiger partial charge < -0.3 is 19.9 Å². The molecule has 25 heavy (non-hydrogen) atoms. The van der Waals surface area contributed by atoms with Gasteiger partial charge in [-0.05, 0) is 35.9 Å². The molecule has 0 aliphatic rings. The van der Waals surface area contributed by atoms with Gasteiger partial charge in [-0.25, -0.2) is 0 Å². The van der Waals surface area contributed by atoms with Crippen LogP contribution in [0.3, 0.4) is 0 Å². The lowest BCUT2D eigenvalue weighted by molar-refractivity contribution is -0.137. The molecular formula is C17H16F3NO4. The fourth-order valence-corrected chi connectivity index (χ4v) is 2.04. The van der Waals surface area contributed by atoms with Crippen LogP contribution in [-0.4, -0.2) is 24.7 Å². The number of carbonyl (C=O) groups excluding carboxylic acids is 1. The predicted octanol–water partition coefficient (Wildman–Crippen LogP) is 3.22. The zero-order chi connectivity index (χ0) is 18.4. The van der Waals surface area contributed by atoms with E-state index < -0.39 is 24.3 Å². The van der Waals surface area contributed by atoms with Gasteiger partial charge in [0, 0.05) is 5.69 Å². The molecule has 0 saturated carbocycles. The van der Waals surface area contributed by atoms with E-state index in [1.807, 2.05) is 0 Å². The van der Waals surface area contributed by atoms with E-state index in [-0.39, 0.29) is 18.0 Å². The molecule has 0 unspecified atom stereocenters. The Morgan fingerprint density at radius 1 is 1.16 bits per heavy atom. The second-order valence-corrected chi connectivity index (χ2v) is 5.06. The summed E-state index contributed by atoms with van der Waals surface area (Å²) in [4.78, 5) is 11.9. The van der Waals surface area contributed by atoms with Crippen LogP contribution in [0.25, 0.3) is 0 Å². The summed E-state index contributed by atoms with van der Waals surface area (Å²) >= 11 is 0. The van der Waals surface area contributed by atoms with E-state index in [4.69, 9.17) is 14.6 Å². The Balaban J connectivity index is 2.00. The molecule has 0 heterocycles. The number of methoxy groups -OCH3 is 1. The second kappa shape index (κ2) is 7.89. The van der Waals surface area contributed by atoms with Crippen molar-refractivity contribution in [1.29, 1.82) is 0 Å². The molecule has 0 saturated heterocycles. The van der Waals surface area contributed by atoms with Crippen molar-refractivity contribution in [3.05, 3.63) is 53.6 Å². The number of hydrogen-bond acceptors (Lipinski definition) is 4. The minimum Gasteiger partial charge on any atom is -0.493 e. The fourth-order valence-electron chi connectivity index (χ4n) is 2.04. The molecule has 134 valence electrons. The molecule has 2 rings (SSSR count). The summed E-state index contributed by atoms with van der Waals surface area (Å²) in [5, 5.41) is 11.4. The smallest absolute Gasteiger partial charge is 0.416 e. The average molecular weight is 355 g/mol. The van der Waals surface area contributed by atoms with Crippen LogP contribution in [0.4, 0.5) is 18.9 Å². The third-order valence-corrected chi connectivity index (χ3v) is 3.24. The van der Waals surface area contributed by atoms with Crippen LogP contribution in [0, 0.1) is 0 Å². The van der Waals surface area contributed by atoms with Gasteiger partial charge in [-0.15, -0.1) is 0 Å². The minimum atomic E-state index is -4.49. The average Bonchev–Trinajstić information content (AvgIpc) is 2.59. The monoisotopic (exact) mass is 355 g/mol. The maximum atomic E-state index is 12.7. The summed E-state index contributed by atoms with van der Waals surface area (Å²) in [6.07, 6.45) is -4.49. The lowest BCUT2D eigenvalue weighted by Crippen LogP contribution is -2.20. The highest BCUT2D eigenvalue weighted by Crippen LogP contribution is 2.31. The summed E-state index contributed by atoms with van der Waals surface area (Å²) < 4.78 is 48.4. The van der Waals surface area contributed by atoms with Crippen LogP contribution < -0.4 is 14.8 Å². The number of aliphatic hydroxyl groups excluding tert-OH is 1. The number of amides is 1. The van der Waals surface area contributed by atoms with Gasteiger partial charge in [-0.1, -0.05) is 12.1 Å². The Morgan fingerprint density at radius 3 is 2.56 bits per heavy atom. The van der Waals surface area contributed by atoms with Gasteiger partial charge in [-0.2, -0.15) is 13.2 Å². The highest BCUT2D eigenvalue weighted by molar-refractivity contribution is 5.92. The van der Waals surface area contributed by atoms with Crippen molar-refractivity contribution in [3.8, 4) is 11.5 Å². The van der Waals surface area contributed by atoms with Crippen LogP contribution in [-0.2, 0) is 17.6 Å². The van der Waals surface area contributed by atoms with Crippen molar-refractivity contribution >= 4 is 11.6 Å². The van der Waals surface area contributed by atoms with Crippen molar-refractivity contribution in [2.75, 3.05) is 19.0 Å². The van der Waals surface area contributed by atoms with Gasteiger partial charge in [0.15, 0.2) is 18.1 Å². The van der Waals surface area contributed by atoms with Crippen molar-refractivity contribution in [1.82, 2.24) is 0 Å². The molecule has 0 radical (unpaired) electrons. The maximum Gasteiger partial charge on any atom is 0.416 e. The van der Waals surface area contributed by atoms with Gasteiger partial charge in [0.2, 0.25) is 0 Å². The van der Waals surface area contributed by atoms with E-state index in [1.165, 1.54) is 25.3 Å². The summed E-state index contributed by atoms with van der Waals surface area (Å²) in [7, 11) is 1.41. The number of ether oxygens (including phenoxy) is 2. The molecule has 0 bridgehead atoms. The molecule has 0 aliphatic carbocycles. The molecule has 2 aromatic carbocycles. The molecule has 2 N–H and O–H groups in total. The Morgan fingerprint density at radius 2 is 1.92 bits per heavy atom. The molecule has 2 aromatic rings. The van der Waals surface area contributed by atoms with Gasteiger partial charge in [0.1, 0.15) is 0 Å². The largest absolute Gasteiger partial charge is 0.493 e. The normalized spacial score (nSPS) is 11.1. The quantitative estimate of drug-likeness (QED) is 0.835. The first kappa shape index (κ1) is 18.6. The zero-order valence-corrected chi connectivity index (χ0v) is 13.3. The Bertz CT molecular complexity index is 747. The van der Waals surface area contributed by atoms with Crippen molar-refractivity contribution in [3.63, 3.8) is 0 Å². The summed E-state index contributed by atoms with van der Waals surface area (Å²) in [6.45, 7) is -0.586. The number of nitrogens with one attached hydrogen (secondary N) is 1. The number of hydrogen-bond donors (Lipinski definition) is 2. The van der Waals surface area contributed by atoms with Gasteiger partial charge in [0.05, 0.1) is 19.3 Å². The lowest BCUT2D eigenvalue weighted by atomic mass is 10.2. The molecule has 0 fully saturated rings. The first-order valence-electron chi connectivity index (χ1n) is 7.21. The molecule has 8 heteroatoms. The van der Waals surface area contributed by atoms with Crippen LogP contribution in [0.2, 0.25) is 0 Å². The Hall–Kier alpha value is -2.74. The topological polar surface area (TPSA) is 67.8 Å². The Labute approximate surface area is 142 Å². The predicted molar refractivity (Wildman–Crippen MR) is 84.5 cm³/mol. The number of alkyl halides is 3. The number of aliphatic hydroxyl groups is 1. The first-order chi connectivity index (χ1) is 11.8. The fraction of sp³-hybridized carbons (Fsp3) is 0.235. The second-order valence-electron chi connectivity index (χ2n) is 5.06. The molecule has 0 aromatic heterocycles. The molecule has 1 amide bonds. The number of benzene rings is 2. The maximum absolute atomic E-state index is 12.7. The van der Waals surface area contributed by atoms with Crippen molar-refractivity contribution < 1.29 is 32.5 Å². The lowest BCUT2D eigenvalue weighted by Gasteiger charge is -2.12. The minimum absolute atomic E-state index is 0.0195. The molecular weight excluding hydrogens is 339 g/mol. The number of carbonyl (C=O) groups is 1. The summed E-state index contributed by atoms with van der Waals surface area (Å²) in [6, 6.07) is 9.00. The van der Waals surface area contributed by atoms with E-state index in [1.54, 1.807) is 12.1 Å². The van der Waals surface area contributed by atoms with Crippen LogP contribution in [0.15, 0.2) is 42.5 Å². The zero-order valence-electron chi connectivity index (χ0n) is 13.3. The highest BCUT2D eigenvalue weighted by Gasteiger charge is 2.30. The van der Waals surface area contributed by atoms with Crippen LogP contribution in [0.5, 0.6) is 11.5 Å². The van der Waals surface area contributed by atoms with E-state index in [0.29, 0.717) is 11.3 Å². The van der Waals surface area contributed by atoms with Crippen molar-refractivity contribution in [2.24, 2.45) is 0 Å². The molecule has 0 spiro atoms. The third-order valence-electron chi connectivity index (χ3n) is 3.24. The van der Waals surface area contributed by atoms with E-state index in [0.717, 1.165) is 12.1 Å². The summed E-state index contributed by atoms with van der Waals surface area (Å²) in [5.74, 6) is -0.00933. The summed E-state index contributed by atoms with van der Waals surface area (Å²) in [5.41, 5.74) is -0.226.